The summed E-state index contributed by atoms with van der Waals surface area (Å²) in [6.45, 7) is 3.26. The van der Waals surface area contributed by atoms with Gasteiger partial charge in [0.25, 0.3) is 10.0 Å². The lowest BCUT2D eigenvalue weighted by Gasteiger charge is -2.33. The number of hydrogen-bond donors (Lipinski definition) is 1. The molecule has 1 N–H and O–H groups in total. The second kappa shape index (κ2) is 14.4. The van der Waals surface area contributed by atoms with Gasteiger partial charge >= 0.3 is 0 Å². The summed E-state index contributed by atoms with van der Waals surface area (Å²) >= 11 is 7.60. The van der Waals surface area contributed by atoms with Crippen molar-refractivity contribution in [2.45, 2.75) is 74.4 Å². The van der Waals surface area contributed by atoms with Crippen LogP contribution >= 0.6 is 23.4 Å². The Labute approximate surface area is 258 Å². The molecular formula is C32H38ClN3O4S2. The first-order valence-electron chi connectivity index (χ1n) is 14.2. The summed E-state index contributed by atoms with van der Waals surface area (Å²) in [5.74, 6) is -0.734. The summed E-state index contributed by atoms with van der Waals surface area (Å²) < 4.78 is 29.1. The number of aryl methyl sites for hydroxylation is 1. The van der Waals surface area contributed by atoms with Crippen LogP contribution in [-0.4, -0.2) is 50.0 Å². The van der Waals surface area contributed by atoms with E-state index in [2.05, 4.69) is 5.32 Å². The molecule has 4 rings (SSSR count). The Morgan fingerprint density at radius 3 is 2.17 bits per heavy atom. The first kappa shape index (κ1) is 31.9. The molecule has 10 heteroatoms. The monoisotopic (exact) mass is 627 g/mol. The highest BCUT2D eigenvalue weighted by atomic mass is 35.5. The van der Waals surface area contributed by atoms with Gasteiger partial charge in [-0.2, -0.15) is 0 Å². The topological polar surface area (TPSA) is 86.8 Å². The van der Waals surface area contributed by atoms with Crippen molar-refractivity contribution in [1.29, 1.82) is 0 Å². The van der Waals surface area contributed by atoms with E-state index < -0.39 is 28.5 Å². The summed E-state index contributed by atoms with van der Waals surface area (Å²) in [6.07, 6.45) is 7.03. The van der Waals surface area contributed by atoms with Crippen LogP contribution in [0.4, 0.5) is 5.69 Å². The van der Waals surface area contributed by atoms with Gasteiger partial charge in [-0.25, -0.2) is 8.42 Å². The Hall–Kier alpha value is -3.01. The second-order valence-corrected chi connectivity index (χ2v) is 13.9. The Morgan fingerprint density at radius 2 is 1.57 bits per heavy atom. The average Bonchev–Trinajstić information content (AvgIpc) is 3.00. The molecule has 3 aromatic carbocycles. The predicted octanol–water partition coefficient (Wildman–Crippen LogP) is 6.43. The summed E-state index contributed by atoms with van der Waals surface area (Å²) in [6, 6.07) is 19.9. The number of anilines is 1. The molecule has 0 aromatic heterocycles. The molecule has 2 amide bonds. The van der Waals surface area contributed by atoms with Gasteiger partial charge in [-0.1, -0.05) is 60.7 Å². The third-order valence-corrected chi connectivity index (χ3v) is 10.4. The normalized spacial score (nSPS) is 14.7. The molecule has 1 aliphatic rings. The standard InChI is InChI=1S/C32H38ClN3O4S2/c1-23-9-15-28(16-10-23)36(42(39,40)30-19-17-29(41-3)18-20-30)22-31(37)35(21-25-11-13-26(33)14-12-25)24(2)32(38)34-27-7-5-4-6-8-27/h9-20,24,27H,4-8,21-22H2,1-3H3,(H,34,38)/t24-/m1/s1. The van der Waals surface area contributed by atoms with Crippen LogP contribution in [0.3, 0.4) is 0 Å². The fraction of sp³-hybridized carbons (Fsp3) is 0.375. The number of nitrogens with one attached hydrogen (secondary N) is 1. The van der Waals surface area contributed by atoms with Gasteiger partial charge in [0, 0.05) is 22.5 Å². The van der Waals surface area contributed by atoms with Crippen molar-refractivity contribution in [3.63, 3.8) is 0 Å². The molecule has 0 spiro atoms. The third-order valence-electron chi connectivity index (χ3n) is 7.63. The van der Waals surface area contributed by atoms with Crippen molar-refractivity contribution in [2.75, 3.05) is 17.1 Å². The van der Waals surface area contributed by atoms with Crippen molar-refractivity contribution in [3.05, 3.63) is 88.9 Å². The van der Waals surface area contributed by atoms with Crippen LogP contribution in [0.15, 0.2) is 82.6 Å². The maximum atomic E-state index is 14.1. The zero-order valence-electron chi connectivity index (χ0n) is 24.3. The molecule has 0 bridgehead atoms. The smallest absolute Gasteiger partial charge is 0.264 e. The lowest BCUT2D eigenvalue weighted by atomic mass is 9.95. The number of carbonyl (C=O) groups is 2. The van der Waals surface area contributed by atoms with E-state index in [9.17, 15) is 18.0 Å². The lowest BCUT2D eigenvalue weighted by molar-refractivity contribution is -0.139. The molecular weight excluding hydrogens is 590 g/mol. The Bertz CT molecular complexity index is 1460. The summed E-state index contributed by atoms with van der Waals surface area (Å²) in [7, 11) is -4.11. The van der Waals surface area contributed by atoms with Gasteiger partial charge in [0.1, 0.15) is 12.6 Å². The van der Waals surface area contributed by atoms with E-state index in [0.29, 0.717) is 10.7 Å². The molecule has 0 unspecified atom stereocenters. The molecule has 1 fully saturated rings. The maximum Gasteiger partial charge on any atom is 0.264 e. The van der Waals surface area contributed by atoms with Crippen LogP contribution in [-0.2, 0) is 26.2 Å². The number of hydrogen-bond acceptors (Lipinski definition) is 5. The minimum atomic E-state index is -4.11. The van der Waals surface area contributed by atoms with Gasteiger partial charge < -0.3 is 10.2 Å². The molecule has 224 valence electrons. The molecule has 1 aliphatic carbocycles. The Morgan fingerprint density at radius 1 is 0.952 bits per heavy atom. The number of thioether (sulfide) groups is 1. The van der Waals surface area contributed by atoms with Crippen LogP contribution in [0.2, 0.25) is 5.02 Å². The third kappa shape index (κ3) is 8.08. The zero-order valence-corrected chi connectivity index (χ0v) is 26.6. The number of rotatable bonds is 11. The van der Waals surface area contributed by atoms with Crippen molar-refractivity contribution >= 4 is 50.9 Å². The van der Waals surface area contributed by atoms with Gasteiger partial charge in [-0.15, -0.1) is 11.8 Å². The molecule has 1 atom stereocenters. The van der Waals surface area contributed by atoms with Gasteiger partial charge in [-0.05, 0) is 87.0 Å². The minimum Gasteiger partial charge on any atom is -0.352 e. The largest absolute Gasteiger partial charge is 0.352 e. The van der Waals surface area contributed by atoms with Crippen LogP contribution in [0.5, 0.6) is 0 Å². The van der Waals surface area contributed by atoms with Crippen LogP contribution in [0.1, 0.15) is 50.2 Å². The van der Waals surface area contributed by atoms with Crippen LogP contribution < -0.4 is 9.62 Å². The van der Waals surface area contributed by atoms with Crippen molar-refractivity contribution in [2.24, 2.45) is 0 Å². The number of sulfonamides is 1. The van der Waals surface area contributed by atoms with Gasteiger partial charge in [0.15, 0.2) is 0 Å². The fourth-order valence-electron chi connectivity index (χ4n) is 5.05. The molecule has 0 heterocycles. The molecule has 0 radical (unpaired) electrons. The first-order valence-corrected chi connectivity index (χ1v) is 17.2. The Kier molecular flexibility index (Phi) is 11.0. The first-order chi connectivity index (χ1) is 20.1. The molecule has 3 aromatic rings. The van der Waals surface area contributed by atoms with E-state index in [1.54, 1.807) is 67.6 Å². The number of benzene rings is 3. The van der Waals surface area contributed by atoms with Crippen molar-refractivity contribution in [1.82, 2.24) is 10.2 Å². The molecule has 7 nitrogen and oxygen atoms in total. The second-order valence-electron chi connectivity index (χ2n) is 10.7. The summed E-state index contributed by atoms with van der Waals surface area (Å²) in [5, 5.41) is 3.68. The van der Waals surface area contributed by atoms with Gasteiger partial charge in [-0.3, -0.25) is 13.9 Å². The Balaban J connectivity index is 1.66. The maximum absolute atomic E-state index is 14.1. The molecule has 0 saturated heterocycles. The highest BCUT2D eigenvalue weighted by Crippen LogP contribution is 2.27. The number of nitrogens with zero attached hydrogens (tertiary/aromatic N) is 2. The zero-order chi connectivity index (χ0) is 30.3. The highest BCUT2D eigenvalue weighted by molar-refractivity contribution is 7.98. The van der Waals surface area contributed by atoms with E-state index in [0.717, 1.165) is 52.4 Å². The fourth-order valence-corrected chi connectivity index (χ4v) is 7.00. The summed E-state index contributed by atoms with van der Waals surface area (Å²) in [4.78, 5) is 30.0. The van der Waals surface area contributed by atoms with E-state index in [1.165, 1.54) is 16.7 Å². The van der Waals surface area contributed by atoms with Crippen molar-refractivity contribution in [3.8, 4) is 0 Å². The molecule has 42 heavy (non-hydrogen) atoms. The summed E-state index contributed by atoms with van der Waals surface area (Å²) in [5.41, 5.74) is 2.11. The van der Waals surface area contributed by atoms with Crippen molar-refractivity contribution < 1.29 is 18.0 Å². The van der Waals surface area contributed by atoms with Gasteiger partial charge in [0.2, 0.25) is 11.8 Å². The van der Waals surface area contributed by atoms with Crippen LogP contribution in [0, 0.1) is 6.92 Å². The predicted molar refractivity (Wildman–Crippen MR) is 170 cm³/mol. The van der Waals surface area contributed by atoms with Gasteiger partial charge in [0.05, 0.1) is 10.6 Å². The minimum absolute atomic E-state index is 0.0786. The highest BCUT2D eigenvalue weighted by Gasteiger charge is 2.33. The number of halogens is 1. The molecule has 1 saturated carbocycles. The van der Waals surface area contributed by atoms with E-state index in [-0.39, 0.29) is 23.4 Å². The molecule has 0 aliphatic heterocycles. The van der Waals surface area contributed by atoms with E-state index in [4.69, 9.17) is 11.6 Å². The SMILES string of the molecule is CSc1ccc(S(=O)(=O)N(CC(=O)N(Cc2ccc(Cl)cc2)[C@H](C)C(=O)NC2CCCCC2)c2ccc(C)cc2)cc1. The lowest BCUT2D eigenvalue weighted by Crippen LogP contribution is -2.53. The van der Waals surface area contributed by atoms with E-state index in [1.807, 2.05) is 25.3 Å². The quantitative estimate of drug-likeness (QED) is 0.248. The number of amides is 2. The van der Waals surface area contributed by atoms with Crippen LogP contribution in [0.25, 0.3) is 0 Å². The average molecular weight is 628 g/mol. The number of carbonyl (C=O) groups excluding carboxylic acids is 2. The van der Waals surface area contributed by atoms with E-state index >= 15 is 0 Å².